The normalized spacial score (nSPS) is 17.4. The van der Waals surface area contributed by atoms with Crippen LogP contribution in [0.4, 0.5) is 0 Å². The van der Waals surface area contributed by atoms with Crippen LogP contribution in [0.15, 0.2) is 0 Å². The van der Waals surface area contributed by atoms with E-state index >= 15 is 0 Å². The Bertz CT molecular complexity index is 217. The predicted octanol–water partition coefficient (Wildman–Crippen LogP) is -0.650. The summed E-state index contributed by atoms with van der Waals surface area (Å²) >= 11 is 0. The van der Waals surface area contributed by atoms with Crippen molar-refractivity contribution in [1.29, 1.82) is 0 Å². The van der Waals surface area contributed by atoms with Gasteiger partial charge in [0.15, 0.2) is 0 Å². The van der Waals surface area contributed by atoms with Crippen LogP contribution in [0.5, 0.6) is 0 Å². The second kappa shape index (κ2) is 8.44. The van der Waals surface area contributed by atoms with Gasteiger partial charge < -0.3 is 15.5 Å². The number of amides is 1. The Morgan fingerprint density at radius 2 is 2.06 bits per heavy atom. The van der Waals surface area contributed by atoms with Gasteiger partial charge in [0, 0.05) is 58.8 Å². The SMILES string of the molecule is CCNC(=O)CCN(C)CCN1CCNCC1. The minimum absolute atomic E-state index is 0.154. The Kier molecular flexibility index (Phi) is 7.16. The molecule has 0 radical (unpaired) electrons. The molecular formula is C12H26N4O. The van der Waals surface area contributed by atoms with Crippen LogP contribution in [0.3, 0.4) is 0 Å². The topological polar surface area (TPSA) is 47.6 Å². The molecule has 0 spiro atoms. The third-order valence-corrected chi connectivity index (χ3v) is 3.10. The standard InChI is InChI=1S/C12H26N4O/c1-3-14-12(17)4-7-15(2)10-11-16-8-5-13-6-9-16/h13H,3-11H2,1-2H3,(H,14,17). The minimum atomic E-state index is 0.154. The fourth-order valence-electron chi connectivity index (χ4n) is 1.94. The minimum Gasteiger partial charge on any atom is -0.356 e. The number of likely N-dealkylation sites (N-methyl/N-ethyl adjacent to an activating group) is 1. The number of nitrogens with one attached hydrogen (secondary N) is 2. The van der Waals surface area contributed by atoms with Crippen molar-refractivity contribution in [3.05, 3.63) is 0 Å². The van der Waals surface area contributed by atoms with Crippen molar-refractivity contribution in [2.24, 2.45) is 0 Å². The molecule has 1 aliphatic rings. The summed E-state index contributed by atoms with van der Waals surface area (Å²) in [4.78, 5) is 16.0. The van der Waals surface area contributed by atoms with Gasteiger partial charge in [-0.25, -0.2) is 0 Å². The van der Waals surface area contributed by atoms with Crippen molar-refractivity contribution in [2.45, 2.75) is 13.3 Å². The van der Waals surface area contributed by atoms with Crippen LogP contribution < -0.4 is 10.6 Å². The molecule has 0 aromatic heterocycles. The largest absolute Gasteiger partial charge is 0.356 e. The average molecular weight is 242 g/mol. The number of hydrogen-bond acceptors (Lipinski definition) is 4. The zero-order chi connectivity index (χ0) is 12.5. The van der Waals surface area contributed by atoms with Gasteiger partial charge in [-0.15, -0.1) is 0 Å². The third-order valence-electron chi connectivity index (χ3n) is 3.10. The molecule has 1 amide bonds. The van der Waals surface area contributed by atoms with Crippen molar-refractivity contribution in [3.63, 3.8) is 0 Å². The van der Waals surface area contributed by atoms with Crippen molar-refractivity contribution in [3.8, 4) is 0 Å². The smallest absolute Gasteiger partial charge is 0.221 e. The highest BCUT2D eigenvalue weighted by molar-refractivity contribution is 5.75. The van der Waals surface area contributed by atoms with E-state index in [0.717, 1.165) is 52.4 Å². The molecule has 0 saturated carbocycles. The predicted molar refractivity (Wildman–Crippen MR) is 70.1 cm³/mol. The van der Waals surface area contributed by atoms with Gasteiger partial charge in [0.25, 0.3) is 0 Å². The first-order valence-corrected chi connectivity index (χ1v) is 6.60. The molecule has 1 aliphatic heterocycles. The summed E-state index contributed by atoms with van der Waals surface area (Å²) in [6, 6.07) is 0. The Hall–Kier alpha value is -0.650. The van der Waals surface area contributed by atoms with Crippen LogP contribution in [0.1, 0.15) is 13.3 Å². The molecule has 1 saturated heterocycles. The van der Waals surface area contributed by atoms with E-state index in [2.05, 4.69) is 27.5 Å². The van der Waals surface area contributed by atoms with Crippen LogP contribution >= 0.6 is 0 Å². The maximum Gasteiger partial charge on any atom is 0.221 e. The van der Waals surface area contributed by atoms with E-state index in [1.807, 2.05) is 6.92 Å². The summed E-state index contributed by atoms with van der Waals surface area (Å²) in [5.41, 5.74) is 0. The number of hydrogen-bond donors (Lipinski definition) is 2. The molecule has 100 valence electrons. The molecular weight excluding hydrogens is 216 g/mol. The molecule has 5 nitrogen and oxygen atoms in total. The Morgan fingerprint density at radius 1 is 1.35 bits per heavy atom. The highest BCUT2D eigenvalue weighted by atomic mass is 16.1. The van der Waals surface area contributed by atoms with E-state index in [4.69, 9.17) is 0 Å². The first-order valence-electron chi connectivity index (χ1n) is 6.60. The van der Waals surface area contributed by atoms with Crippen LogP contribution in [0.2, 0.25) is 0 Å². The van der Waals surface area contributed by atoms with Gasteiger partial charge in [-0.3, -0.25) is 9.69 Å². The number of piperazine rings is 1. The molecule has 2 N–H and O–H groups in total. The first-order chi connectivity index (χ1) is 8.22. The van der Waals surface area contributed by atoms with Crippen LogP contribution in [0.25, 0.3) is 0 Å². The molecule has 0 atom stereocenters. The third kappa shape index (κ3) is 6.61. The maximum atomic E-state index is 11.3. The van der Waals surface area contributed by atoms with Crippen molar-refractivity contribution < 1.29 is 4.79 Å². The molecule has 5 heteroatoms. The van der Waals surface area contributed by atoms with Crippen LogP contribution in [-0.4, -0.2) is 75.1 Å². The summed E-state index contributed by atoms with van der Waals surface area (Å²) in [6.45, 7) is 10.2. The molecule has 0 bridgehead atoms. The zero-order valence-electron chi connectivity index (χ0n) is 11.2. The Balaban J connectivity index is 2.03. The van der Waals surface area contributed by atoms with Gasteiger partial charge in [0.05, 0.1) is 0 Å². The molecule has 17 heavy (non-hydrogen) atoms. The van der Waals surface area contributed by atoms with Gasteiger partial charge >= 0.3 is 0 Å². The second-order valence-electron chi connectivity index (χ2n) is 4.60. The molecule has 0 unspecified atom stereocenters. The lowest BCUT2D eigenvalue weighted by Crippen LogP contribution is -2.46. The lowest BCUT2D eigenvalue weighted by Gasteiger charge is -2.29. The van der Waals surface area contributed by atoms with Gasteiger partial charge in [-0.1, -0.05) is 0 Å². The first kappa shape index (κ1) is 14.4. The quantitative estimate of drug-likeness (QED) is 0.623. The Morgan fingerprint density at radius 3 is 2.71 bits per heavy atom. The molecule has 0 aliphatic carbocycles. The molecule has 0 aromatic carbocycles. The molecule has 0 aromatic rings. The van der Waals surface area contributed by atoms with Gasteiger partial charge in [0.2, 0.25) is 5.91 Å². The van der Waals surface area contributed by atoms with Crippen molar-refractivity contribution in [1.82, 2.24) is 20.4 Å². The number of nitrogens with zero attached hydrogens (tertiary/aromatic N) is 2. The van der Waals surface area contributed by atoms with E-state index in [-0.39, 0.29) is 5.91 Å². The van der Waals surface area contributed by atoms with E-state index in [1.165, 1.54) is 0 Å². The van der Waals surface area contributed by atoms with Crippen LogP contribution in [0, 0.1) is 0 Å². The summed E-state index contributed by atoms with van der Waals surface area (Å²) in [7, 11) is 2.08. The lowest BCUT2D eigenvalue weighted by molar-refractivity contribution is -0.121. The van der Waals surface area contributed by atoms with Crippen LogP contribution in [-0.2, 0) is 4.79 Å². The summed E-state index contributed by atoms with van der Waals surface area (Å²) < 4.78 is 0. The number of carbonyl (C=O) groups is 1. The van der Waals surface area contributed by atoms with Crippen molar-refractivity contribution >= 4 is 5.91 Å². The fourth-order valence-corrected chi connectivity index (χ4v) is 1.94. The van der Waals surface area contributed by atoms with Gasteiger partial charge in [-0.2, -0.15) is 0 Å². The summed E-state index contributed by atoms with van der Waals surface area (Å²) in [5, 5.41) is 6.17. The van der Waals surface area contributed by atoms with E-state index in [9.17, 15) is 4.79 Å². The zero-order valence-corrected chi connectivity index (χ0v) is 11.2. The number of rotatable bonds is 7. The highest BCUT2D eigenvalue weighted by Gasteiger charge is 2.10. The Labute approximate surface area is 105 Å². The molecule has 1 rings (SSSR count). The van der Waals surface area contributed by atoms with Gasteiger partial charge in [-0.05, 0) is 14.0 Å². The van der Waals surface area contributed by atoms with E-state index < -0.39 is 0 Å². The summed E-state index contributed by atoms with van der Waals surface area (Å²) in [5.74, 6) is 0.154. The lowest BCUT2D eigenvalue weighted by atomic mass is 10.3. The average Bonchev–Trinajstić information content (AvgIpc) is 2.35. The molecule has 1 fully saturated rings. The second-order valence-corrected chi connectivity index (χ2v) is 4.60. The van der Waals surface area contributed by atoms with Gasteiger partial charge in [0.1, 0.15) is 0 Å². The van der Waals surface area contributed by atoms with Crippen molar-refractivity contribution in [2.75, 3.05) is 59.4 Å². The number of carbonyl (C=O) groups excluding carboxylic acids is 1. The maximum absolute atomic E-state index is 11.3. The van der Waals surface area contributed by atoms with E-state index in [1.54, 1.807) is 0 Å². The fraction of sp³-hybridized carbons (Fsp3) is 0.917. The highest BCUT2D eigenvalue weighted by Crippen LogP contribution is 1.94. The summed E-state index contributed by atoms with van der Waals surface area (Å²) in [6.07, 6.45) is 0.603. The molecule has 1 heterocycles. The van der Waals surface area contributed by atoms with E-state index in [0.29, 0.717) is 6.42 Å². The monoisotopic (exact) mass is 242 g/mol.